The van der Waals surface area contributed by atoms with Gasteiger partial charge in [0.2, 0.25) is 0 Å². The smallest absolute Gasteiger partial charge is 0.119 e. The fourth-order valence-corrected chi connectivity index (χ4v) is 2.93. The molecule has 0 amide bonds. The summed E-state index contributed by atoms with van der Waals surface area (Å²) in [5, 5.41) is 2.32. The zero-order valence-corrected chi connectivity index (χ0v) is 12.3. The summed E-state index contributed by atoms with van der Waals surface area (Å²) in [4.78, 5) is 4.78. The summed E-state index contributed by atoms with van der Waals surface area (Å²) in [6, 6.07) is 24.7. The molecule has 0 N–H and O–H groups in total. The Balaban J connectivity index is 2.16. The third kappa shape index (κ3) is 2.01. The molecule has 0 bridgehead atoms. The lowest BCUT2D eigenvalue weighted by atomic mass is 9.96. The van der Waals surface area contributed by atoms with E-state index in [1.807, 2.05) is 24.3 Å². The lowest BCUT2D eigenvalue weighted by molar-refractivity contribution is 0.415. The van der Waals surface area contributed by atoms with Crippen molar-refractivity contribution in [2.75, 3.05) is 7.11 Å². The average Bonchev–Trinajstić information content (AvgIpc) is 2.59. The number of benzene rings is 3. The highest BCUT2D eigenvalue weighted by molar-refractivity contribution is 6.09. The Hall–Kier alpha value is -2.87. The Bertz CT molecular complexity index is 921. The summed E-state index contributed by atoms with van der Waals surface area (Å²) >= 11 is 0. The van der Waals surface area contributed by atoms with Crippen LogP contribution in [0.15, 0.2) is 72.8 Å². The van der Waals surface area contributed by atoms with E-state index in [4.69, 9.17) is 9.72 Å². The molecular weight excluding hydrogens is 270 g/mol. The first-order valence-corrected chi connectivity index (χ1v) is 7.29. The summed E-state index contributed by atoms with van der Waals surface area (Å²) in [7, 11) is 1.70. The summed E-state index contributed by atoms with van der Waals surface area (Å²) < 4.78 is 5.38. The van der Waals surface area contributed by atoms with Crippen LogP contribution in [0.2, 0.25) is 0 Å². The van der Waals surface area contributed by atoms with Gasteiger partial charge in [-0.15, -0.1) is 0 Å². The molecular formula is C20H15NO. The molecule has 2 heteroatoms. The second-order valence-corrected chi connectivity index (χ2v) is 5.25. The molecule has 0 aliphatic heterocycles. The maximum atomic E-state index is 5.38. The number of ether oxygens (including phenoxy) is 1. The van der Waals surface area contributed by atoms with Crippen molar-refractivity contribution in [1.29, 1.82) is 0 Å². The van der Waals surface area contributed by atoms with Gasteiger partial charge >= 0.3 is 0 Å². The van der Waals surface area contributed by atoms with Crippen LogP contribution < -0.4 is 4.74 Å². The second kappa shape index (κ2) is 5.15. The number of methoxy groups -OCH3 is 1. The van der Waals surface area contributed by atoms with Gasteiger partial charge in [-0.3, -0.25) is 0 Å². The lowest BCUT2D eigenvalue weighted by Crippen LogP contribution is -1.89. The van der Waals surface area contributed by atoms with Gasteiger partial charge in [-0.05, 0) is 29.8 Å². The van der Waals surface area contributed by atoms with Crippen molar-refractivity contribution in [2.45, 2.75) is 0 Å². The van der Waals surface area contributed by atoms with Gasteiger partial charge in [0, 0.05) is 16.3 Å². The SMILES string of the molecule is COc1cccc(-c2c3ccccc3nc3ccccc23)c1. The first-order chi connectivity index (χ1) is 10.9. The minimum Gasteiger partial charge on any atom is -0.497 e. The van der Waals surface area contributed by atoms with E-state index in [0.29, 0.717) is 0 Å². The van der Waals surface area contributed by atoms with Crippen molar-refractivity contribution in [2.24, 2.45) is 0 Å². The molecule has 4 aromatic rings. The quantitative estimate of drug-likeness (QED) is 0.480. The number of aromatic nitrogens is 1. The molecule has 22 heavy (non-hydrogen) atoms. The van der Waals surface area contributed by atoms with Crippen LogP contribution in [0, 0.1) is 0 Å². The van der Waals surface area contributed by atoms with Gasteiger partial charge in [-0.1, -0.05) is 48.5 Å². The van der Waals surface area contributed by atoms with Crippen molar-refractivity contribution < 1.29 is 4.74 Å². The lowest BCUT2D eigenvalue weighted by Gasteiger charge is -2.12. The van der Waals surface area contributed by atoms with Gasteiger partial charge in [0.1, 0.15) is 5.75 Å². The number of fused-ring (bicyclic) bond motifs is 2. The molecule has 0 atom stereocenters. The number of hydrogen-bond acceptors (Lipinski definition) is 2. The van der Waals surface area contributed by atoms with Crippen molar-refractivity contribution in [3.63, 3.8) is 0 Å². The Morgan fingerprint density at radius 3 is 2.00 bits per heavy atom. The summed E-state index contributed by atoms with van der Waals surface area (Å²) in [5.41, 5.74) is 4.38. The zero-order chi connectivity index (χ0) is 14.9. The van der Waals surface area contributed by atoms with Crippen LogP contribution in [0.25, 0.3) is 32.9 Å². The van der Waals surface area contributed by atoms with Gasteiger partial charge in [0.15, 0.2) is 0 Å². The minimum atomic E-state index is 0.863. The second-order valence-electron chi connectivity index (χ2n) is 5.25. The van der Waals surface area contributed by atoms with E-state index in [2.05, 4.69) is 48.5 Å². The number of pyridine rings is 1. The van der Waals surface area contributed by atoms with Crippen LogP contribution in [-0.2, 0) is 0 Å². The number of hydrogen-bond donors (Lipinski definition) is 0. The molecule has 0 radical (unpaired) electrons. The first-order valence-electron chi connectivity index (χ1n) is 7.29. The normalized spacial score (nSPS) is 11.0. The molecule has 3 aromatic carbocycles. The van der Waals surface area contributed by atoms with Crippen LogP contribution in [0.3, 0.4) is 0 Å². The molecule has 1 heterocycles. The maximum absolute atomic E-state index is 5.38. The van der Waals surface area contributed by atoms with Crippen molar-refractivity contribution >= 4 is 21.8 Å². The Labute approximate surface area is 129 Å². The number of para-hydroxylation sites is 2. The average molecular weight is 285 g/mol. The molecule has 1 aromatic heterocycles. The Morgan fingerprint density at radius 2 is 1.36 bits per heavy atom. The highest BCUT2D eigenvalue weighted by Crippen LogP contribution is 2.35. The molecule has 0 saturated heterocycles. The molecule has 4 rings (SSSR count). The number of rotatable bonds is 2. The molecule has 0 aliphatic rings. The summed E-state index contributed by atoms with van der Waals surface area (Å²) in [6.45, 7) is 0. The third-order valence-corrected chi connectivity index (χ3v) is 3.95. The van der Waals surface area contributed by atoms with E-state index in [0.717, 1.165) is 33.1 Å². The van der Waals surface area contributed by atoms with Crippen molar-refractivity contribution in [1.82, 2.24) is 4.98 Å². The molecule has 0 unspecified atom stereocenters. The van der Waals surface area contributed by atoms with Crippen molar-refractivity contribution in [3.8, 4) is 16.9 Å². The van der Waals surface area contributed by atoms with E-state index in [1.54, 1.807) is 7.11 Å². The van der Waals surface area contributed by atoms with Crippen LogP contribution in [0.5, 0.6) is 5.75 Å². The van der Waals surface area contributed by atoms with E-state index in [9.17, 15) is 0 Å². The summed E-state index contributed by atoms with van der Waals surface area (Å²) in [5.74, 6) is 0.863. The van der Waals surface area contributed by atoms with Crippen LogP contribution in [-0.4, -0.2) is 12.1 Å². The highest BCUT2D eigenvalue weighted by atomic mass is 16.5. The molecule has 0 aliphatic carbocycles. The predicted molar refractivity (Wildman–Crippen MR) is 91.2 cm³/mol. The largest absolute Gasteiger partial charge is 0.497 e. The van der Waals surface area contributed by atoms with Gasteiger partial charge in [0.05, 0.1) is 18.1 Å². The fourth-order valence-electron chi connectivity index (χ4n) is 2.93. The van der Waals surface area contributed by atoms with Gasteiger partial charge in [0.25, 0.3) is 0 Å². The molecule has 0 saturated carbocycles. The standard InChI is InChI=1S/C20H15NO/c1-22-15-8-6-7-14(13-15)20-16-9-2-4-11-18(16)21-19-12-5-3-10-17(19)20/h2-13H,1H3. The molecule has 0 spiro atoms. The Kier molecular flexibility index (Phi) is 3.01. The van der Waals surface area contributed by atoms with Crippen LogP contribution in [0.4, 0.5) is 0 Å². The minimum absolute atomic E-state index is 0.863. The van der Waals surface area contributed by atoms with Gasteiger partial charge in [-0.25, -0.2) is 4.98 Å². The fraction of sp³-hybridized carbons (Fsp3) is 0.0500. The Morgan fingerprint density at radius 1 is 0.727 bits per heavy atom. The van der Waals surface area contributed by atoms with Crippen molar-refractivity contribution in [3.05, 3.63) is 72.8 Å². The zero-order valence-electron chi connectivity index (χ0n) is 12.3. The molecule has 106 valence electrons. The van der Waals surface area contributed by atoms with E-state index < -0.39 is 0 Å². The number of nitrogens with zero attached hydrogens (tertiary/aromatic N) is 1. The molecule has 0 fully saturated rings. The highest BCUT2D eigenvalue weighted by Gasteiger charge is 2.11. The summed E-state index contributed by atoms with van der Waals surface area (Å²) in [6.07, 6.45) is 0. The third-order valence-electron chi connectivity index (χ3n) is 3.95. The maximum Gasteiger partial charge on any atom is 0.119 e. The predicted octanol–water partition coefficient (Wildman–Crippen LogP) is 5.06. The van der Waals surface area contributed by atoms with Gasteiger partial charge in [-0.2, -0.15) is 0 Å². The van der Waals surface area contributed by atoms with Crippen LogP contribution >= 0.6 is 0 Å². The first kappa shape index (κ1) is 12.8. The van der Waals surface area contributed by atoms with E-state index in [1.165, 1.54) is 5.56 Å². The topological polar surface area (TPSA) is 22.1 Å². The van der Waals surface area contributed by atoms with E-state index in [-0.39, 0.29) is 0 Å². The van der Waals surface area contributed by atoms with Crippen LogP contribution in [0.1, 0.15) is 0 Å². The van der Waals surface area contributed by atoms with Gasteiger partial charge < -0.3 is 4.74 Å². The van der Waals surface area contributed by atoms with E-state index >= 15 is 0 Å². The molecule has 2 nitrogen and oxygen atoms in total. The monoisotopic (exact) mass is 285 g/mol.